The molecule has 1 aliphatic rings. The fourth-order valence-corrected chi connectivity index (χ4v) is 0.990. The average Bonchev–Trinajstić information content (AvgIpc) is 2.71. The predicted molar refractivity (Wildman–Crippen MR) is 37.1 cm³/mol. The van der Waals surface area contributed by atoms with Crippen LogP contribution in [-0.4, -0.2) is 6.54 Å². The quantitative estimate of drug-likeness (QED) is 0.581. The van der Waals surface area contributed by atoms with Gasteiger partial charge in [-0.15, -0.1) is 0 Å². The minimum absolute atomic E-state index is 0.163. The van der Waals surface area contributed by atoms with Gasteiger partial charge in [0, 0.05) is 12.6 Å². The maximum Gasteiger partial charge on any atom is 0.123 e. The lowest BCUT2D eigenvalue weighted by atomic mass is 10.2. The fourth-order valence-electron chi connectivity index (χ4n) is 0.990. The van der Waals surface area contributed by atoms with Gasteiger partial charge in [-0.3, -0.25) is 0 Å². The highest BCUT2D eigenvalue weighted by Crippen LogP contribution is 2.20. The zero-order chi connectivity index (χ0) is 6.97. The molecule has 0 amide bonds. The summed E-state index contributed by atoms with van der Waals surface area (Å²) in [5.74, 6) is -0.163. The second kappa shape index (κ2) is 2.06. The Kier molecular flexibility index (Phi) is 1.21. The van der Waals surface area contributed by atoms with E-state index in [4.69, 9.17) is 0 Å². The van der Waals surface area contributed by atoms with Crippen molar-refractivity contribution in [1.82, 2.24) is 5.32 Å². The van der Waals surface area contributed by atoms with Crippen molar-refractivity contribution in [2.75, 3.05) is 6.54 Å². The van der Waals surface area contributed by atoms with Crippen LogP contribution in [0.15, 0.2) is 24.3 Å². The standard InChI is InChI=1S/C8H8FN/c9-7-3-1-6(2-4-7)8-5-10-8/h1-4,8,10H,5H2. The van der Waals surface area contributed by atoms with Crippen LogP contribution in [0.5, 0.6) is 0 Å². The molecule has 0 bridgehead atoms. The van der Waals surface area contributed by atoms with Gasteiger partial charge < -0.3 is 5.32 Å². The van der Waals surface area contributed by atoms with E-state index in [0.29, 0.717) is 6.04 Å². The number of benzene rings is 1. The van der Waals surface area contributed by atoms with E-state index < -0.39 is 0 Å². The number of nitrogens with one attached hydrogen (secondary N) is 1. The second-order valence-electron chi connectivity index (χ2n) is 2.51. The van der Waals surface area contributed by atoms with Crippen LogP contribution < -0.4 is 5.32 Å². The van der Waals surface area contributed by atoms with E-state index in [0.717, 1.165) is 6.54 Å². The van der Waals surface area contributed by atoms with Crippen molar-refractivity contribution in [3.05, 3.63) is 35.6 Å². The molecule has 0 radical (unpaired) electrons. The Balaban J connectivity index is 2.28. The summed E-state index contributed by atoms with van der Waals surface area (Å²) in [4.78, 5) is 0. The molecule has 0 saturated carbocycles. The summed E-state index contributed by atoms with van der Waals surface area (Å²) in [6.45, 7) is 1.03. The van der Waals surface area contributed by atoms with Crippen molar-refractivity contribution >= 4 is 0 Å². The third-order valence-electron chi connectivity index (χ3n) is 1.68. The summed E-state index contributed by atoms with van der Waals surface area (Å²) < 4.78 is 12.4. The highest BCUT2D eigenvalue weighted by atomic mass is 19.1. The van der Waals surface area contributed by atoms with Gasteiger partial charge in [-0.05, 0) is 17.7 Å². The van der Waals surface area contributed by atoms with Gasteiger partial charge in [0.25, 0.3) is 0 Å². The van der Waals surface area contributed by atoms with Crippen LogP contribution in [0.25, 0.3) is 0 Å². The molecule has 2 heteroatoms. The molecule has 10 heavy (non-hydrogen) atoms. The molecule has 1 nitrogen and oxygen atoms in total. The number of halogens is 1. The first-order valence-corrected chi connectivity index (χ1v) is 3.35. The van der Waals surface area contributed by atoms with Crippen LogP contribution in [0.3, 0.4) is 0 Å². The molecule has 1 atom stereocenters. The molecule has 1 aliphatic heterocycles. The van der Waals surface area contributed by atoms with E-state index >= 15 is 0 Å². The SMILES string of the molecule is Fc1ccc(C2CN2)cc1. The Bertz CT molecular complexity index is 226. The van der Waals surface area contributed by atoms with Crippen LogP contribution in [-0.2, 0) is 0 Å². The first-order chi connectivity index (χ1) is 4.86. The number of hydrogen-bond donors (Lipinski definition) is 1. The normalized spacial score (nSPS) is 22.7. The van der Waals surface area contributed by atoms with Gasteiger partial charge in [-0.2, -0.15) is 0 Å². The summed E-state index contributed by atoms with van der Waals surface area (Å²) in [5.41, 5.74) is 1.18. The lowest BCUT2D eigenvalue weighted by Crippen LogP contribution is -1.83. The molecule has 1 aromatic rings. The Morgan fingerprint density at radius 3 is 2.40 bits per heavy atom. The monoisotopic (exact) mass is 137 g/mol. The van der Waals surface area contributed by atoms with Crippen LogP contribution in [0.2, 0.25) is 0 Å². The molecule has 1 heterocycles. The lowest BCUT2D eigenvalue weighted by Gasteiger charge is -1.93. The average molecular weight is 137 g/mol. The molecule has 1 aromatic carbocycles. The van der Waals surface area contributed by atoms with Gasteiger partial charge in [-0.1, -0.05) is 12.1 Å². The van der Waals surface area contributed by atoms with Crippen LogP contribution in [0.1, 0.15) is 11.6 Å². The van der Waals surface area contributed by atoms with Crippen molar-refractivity contribution in [1.29, 1.82) is 0 Å². The van der Waals surface area contributed by atoms with Crippen molar-refractivity contribution in [2.45, 2.75) is 6.04 Å². The molecule has 0 aromatic heterocycles. The van der Waals surface area contributed by atoms with Gasteiger partial charge in [-0.25, -0.2) is 4.39 Å². The minimum atomic E-state index is -0.163. The summed E-state index contributed by atoms with van der Waals surface area (Å²) in [6, 6.07) is 7.12. The Morgan fingerprint density at radius 1 is 1.30 bits per heavy atom. The highest BCUT2D eigenvalue weighted by Gasteiger charge is 2.21. The summed E-state index contributed by atoms with van der Waals surface area (Å²) in [7, 11) is 0. The Hall–Kier alpha value is -0.890. The van der Waals surface area contributed by atoms with E-state index in [9.17, 15) is 4.39 Å². The van der Waals surface area contributed by atoms with Gasteiger partial charge >= 0.3 is 0 Å². The zero-order valence-corrected chi connectivity index (χ0v) is 5.47. The molecular weight excluding hydrogens is 129 g/mol. The predicted octanol–water partition coefficient (Wildman–Crippen LogP) is 1.47. The first kappa shape index (κ1) is 5.86. The molecule has 0 spiro atoms. The summed E-state index contributed by atoms with van der Waals surface area (Å²) in [5, 5.41) is 3.15. The highest BCUT2D eigenvalue weighted by molar-refractivity contribution is 5.23. The van der Waals surface area contributed by atoms with Crippen LogP contribution in [0, 0.1) is 5.82 Å². The summed E-state index contributed by atoms with van der Waals surface area (Å²) >= 11 is 0. The first-order valence-electron chi connectivity index (χ1n) is 3.35. The van der Waals surface area contributed by atoms with Crippen molar-refractivity contribution in [2.24, 2.45) is 0 Å². The zero-order valence-electron chi connectivity index (χ0n) is 5.47. The maximum atomic E-state index is 12.4. The summed E-state index contributed by atoms with van der Waals surface area (Å²) in [6.07, 6.45) is 0. The minimum Gasteiger partial charge on any atom is -0.307 e. The molecule has 0 aliphatic carbocycles. The largest absolute Gasteiger partial charge is 0.307 e. The Labute approximate surface area is 58.9 Å². The number of rotatable bonds is 1. The Morgan fingerprint density at radius 2 is 1.90 bits per heavy atom. The van der Waals surface area contributed by atoms with E-state index in [1.165, 1.54) is 17.7 Å². The van der Waals surface area contributed by atoms with Gasteiger partial charge in [0.05, 0.1) is 0 Å². The fraction of sp³-hybridized carbons (Fsp3) is 0.250. The van der Waals surface area contributed by atoms with E-state index in [-0.39, 0.29) is 5.82 Å². The maximum absolute atomic E-state index is 12.4. The van der Waals surface area contributed by atoms with Crippen molar-refractivity contribution in [3.63, 3.8) is 0 Å². The molecule has 52 valence electrons. The lowest BCUT2D eigenvalue weighted by molar-refractivity contribution is 0.627. The van der Waals surface area contributed by atoms with E-state index in [2.05, 4.69) is 5.32 Å². The topological polar surface area (TPSA) is 21.9 Å². The third kappa shape index (κ3) is 1.02. The van der Waals surface area contributed by atoms with Gasteiger partial charge in [0.15, 0.2) is 0 Å². The van der Waals surface area contributed by atoms with E-state index in [1.54, 1.807) is 0 Å². The van der Waals surface area contributed by atoms with Gasteiger partial charge in [0.2, 0.25) is 0 Å². The van der Waals surface area contributed by atoms with Crippen molar-refractivity contribution in [3.8, 4) is 0 Å². The molecule has 1 fully saturated rings. The van der Waals surface area contributed by atoms with Crippen LogP contribution in [0.4, 0.5) is 4.39 Å². The van der Waals surface area contributed by atoms with Crippen LogP contribution >= 0.6 is 0 Å². The second-order valence-corrected chi connectivity index (χ2v) is 2.51. The van der Waals surface area contributed by atoms with Crippen molar-refractivity contribution < 1.29 is 4.39 Å². The number of hydrogen-bond acceptors (Lipinski definition) is 1. The molecule has 1 saturated heterocycles. The molecule has 1 N–H and O–H groups in total. The third-order valence-corrected chi connectivity index (χ3v) is 1.68. The van der Waals surface area contributed by atoms with Gasteiger partial charge in [0.1, 0.15) is 5.82 Å². The molecule has 1 unspecified atom stereocenters. The molecular formula is C8H8FN. The molecule has 2 rings (SSSR count). The smallest absolute Gasteiger partial charge is 0.123 e. The van der Waals surface area contributed by atoms with E-state index in [1.807, 2.05) is 12.1 Å².